The van der Waals surface area contributed by atoms with Crippen molar-refractivity contribution in [1.29, 1.82) is 0 Å². The Bertz CT molecular complexity index is 784. The standard InChI is InChI=1S/C19H23FN4O3/c20-12-6-13(9-21-8-12)22-7-11-2-1-3-14-15(11)10-24(19(14)27)16-4-5-17(25)23-18(16)26/h1-3,12-13,16,21-22H,4-10H2,(H,23,25,26)/t12-,13+,16?/m1/s1. The number of carbonyl (C=O) groups is 3. The monoisotopic (exact) mass is 374 g/mol. The summed E-state index contributed by atoms with van der Waals surface area (Å²) in [4.78, 5) is 37.9. The van der Waals surface area contributed by atoms with E-state index in [9.17, 15) is 18.8 Å². The number of alkyl halides is 1. The van der Waals surface area contributed by atoms with E-state index in [1.54, 1.807) is 11.0 Å². The van der Waals surface area contributed by atoms with E-state index in [4.69, 9.17) is 0 Å². The molecule has 3 N–H and O–H groups in total. The predicted molar refractivity (Wildman–Crippen MR) is 95.5 cm³/mol. The fourth-order valence-electron chi connectivity index (χ4n) is 4.11. The zero-order chi connectivity index (χ0) is 19.0. The van der Waals surface area contributed by atoms with Gasteiger partial charge in [0, 0.05) is 44.2 Å². The number of hydrogen-bond donors (Lipinski definition) is 3. The number of amides is 3. The summed E-state index contributed by atoms with van der Waals surface area (Å²) < 4.78 is 13.5. The summed E-state index contributed by atoms with van der Waals surface area (Å²) in [5.41, 5.74) is 2.49. The maximum atomic E-state index is 13.5. The molecule has 144 valence electrons. The van der Waals surface area contributed by atoms with Gasteiger partial charge in [-0.15, -0.1) is 0 Å². The van der Waals surface area contributed by atoms with Crippen molar-refractivity contribution in [3.63, 3.8) is 0 Å². The van der Waals surface area contributed by atoms with Crippen LogP contribution >= 0.6 is 0 Å². The van der Waals surface area contributed by atoms with Crippen LogP contribution < -0.4 is 16.0 Å². The van der Waals surface area contributed by atoms with Gasteiger partial charge in [-0.25, -0.2) is 4.39 Å². The molecule has 0 bridgehead atoms. The fourth-order valence-corrected chi connectivity index (χ4v) is 4.11. The number of nitrogens with zero attached hydrogens (tertiary/aromatic N) is 1. The first-order chi connectivity index (χ1) is 13.0. The van der Waals surface area contributed by atoms with Gasteiger partial charge in [-0.3, -0.25) is 19.7 Å². The highest BCUT2D eigenvalue weighted by Crippen LogP contribution is 2.29. The van der Waals surface area contributed by atoms with Gasteiger partial charge < -0.3 is 15.5 Å². The molecule has 0 aromatic heterocycles. The molecule has 0 saturated carbocycles. The molecule has 2 saturated heterocycles. The van der Waals surface area contributed by atoms with Gasteiger partial charge in [-0.1, -0.05) is 12.1 Å². The van der Waals surface area contributed by atoms with E-state index in [1.807, 2.05) is 12.1 Å². The number of rotatable bonds is 4. The van der Waals surface area contributed by atoms with Gasteiger partial charge >= 0.3 is 0 Å². The minimum Gasteiger partial charge on any atom is -0.322 e. The van der Waals surface area contributed by atoms with E-state index in [1.165, 1.54) is 0 Å². The molecular weight excluding hydrogens is 351 g/mol. The Balaban J connectivity index is 1.47. The van der Waals surface area contributed by atoms with Gasteiger partial charge in [-0.05, 0) is 30.0 Å². The zero-order valence-corrected chi connectivity index (χ0v) is 15.0. The minimum atomic E-state index is -0.845. The van der Waals surface area contributed by atoms with Crippen LogP contribution in [-0.2, 0) is 22.7 Å². The normalized spacial score (nSPS) is 28.3. The van der Waals surface area contributed by atoms with Gasteiger partial charge in [0.05, 0.1) is 0 Å². The van der Waals surface area contributed by atoms with Crippen molar-refractivity contribution in [3.05, 3.63) is 34.9 Å². The molecule has 27 heavy (non-hydrogen) atoms. The Hall–Kier alpha value is -2.32. The fraction of sp³-hybridized carbons (Fsp3) is 0.526. The lowest BCUT2D eigenvalue weighted by Crippen LogP contribution is -2.52. The molecule has 1 unspecified atom stereocenters. The summed E-state index contributed by atoms with van der Waals surface area (Å²) in [5.74, 6) is -0.878. The van der Waals surface area contributed by atoms with Crippen LogP contribution in [0.25, 0.3) is 0 Å². The third-order valence-electron chi connectivity index (χ3n) is 5.56. The van der Waals surface area contributed by atoms with Gasteiger partial charge in [0.1, 0.15) is 12.2 Å². The smallest absolute Gasteiger partial charge is 0.255 e. The summed E-state index contributed by atoms with van der Waals surface area (Å²) in [5, 5.41) is 8.75. The number of hydrogen-bond acceptors (Lipinski definition) is 5. The first-order valence-corrected chi connectivity index (χ1v) is 9.36. The zero-order valence-electron chi connectivity index (χ0n) is 15.0. The molecule has 0 radical (unpaired) electrons. The Morgan fingerprint density at radius 1 is 1.22 bits per heavy atom. The van der Waals surface area contributed by atoms with Gasteiger partial charge in [0.15, 0.2) is 0 Å². The third kappa shape index (κ3) is 3.59. The lowest BCUT2D eigenvalue weighted by molar-refractivity contribution is -0.136. The van der Waals surface area contributed by atoms with Crippen molar-refractivity contribution in [1.82, 2.24) is 20.9 Å². The third-order valence-corrected chi connectivity index (χ3v) is 5.56. The Labute approximate surface area is 156 Å². The van der Waals surface area contributed by atoms with Crippen molar-refractivity contribution >= 4 is 17.7 Å². The van der Waals surface area contributed by atoms with Crippen LogP contribution in [0.15, 0.2) is 18.2 Å². The van der Waals surface area contributed by atoms with Crippen LogP contribution in [-0.4, -0.2) is 54.0 Å². The molecular formula is C19H23FN4O3. The van der Waals surface area contributed by atoms with Gasteiger partial charge in [0.25, 0.3) is 5.91 Å². The summed E-state index contributed by atoms with van der Waals surface area (Å²) in [6.07, 6.45) is 0.221. The van der Waals surface area contributed by atoms with Gasteiger partial charge in [0.2, 0.25) is 11.8 Å². The molecule has 4 rings (SSSR count). The second-order valence-corrected chi connectivity index (χ2v) is 7.41. The maximum absolute atomic E-state index is 13.5. The summed E-state index contributed by atoms with van der Waals surface area (Å²) in [6.45, 7) is 2.01. The van der Waals surface area contributed by atoms with Gasteiger partial charge in [-0.2, -0.15) is 0 Å². The van der Waals surface area contributed by atoms with E-state index >= 15 is 0 Å². The topological polar surface area (TPSA) is 90.5 Å². The molecule has 3 aliphatic rings. The average molecular weight is 374 g/mol. The highest BCUT2D eigenvalue weighted by molar-refractivity contribution is 6.05. The molecule has 2 fully saturated rings. The molecule has 8 heteroatoms. The first kappa shape index (κ1) is 18.1. The van der Waals surface area contributed by atoms with E-state index < -0.39 is 18.1 Å². The molecule has 0 aliphatic carbocycles. The summed E-state index contributed by atoms with van der Waals surface area (Å²) >= 11 is 0. The number of benzene rings is 1. The number of fused-ring (bicyclic) bond motifs is 1. The number of halogens is 1. The molecule has 0 spiro atoms. The molecule has 1 aromatic carbocycles. The van der Waals surface area contributed by atoms with Crippen molar-refractivity contribution in [2.45, 2.75) is 50.6 Å². The Morgan fingerprint density at radius 3 is 2.85 bits per heavy atom. The number of imide groups is 1. The largest absolute Gasteiger partial charge is 0.322 e. The molecule has 1 aromatic rings. The highest BCUT2D eigenvalue weighted by atomic mass is 19.1. The van der Waals surface area contributed by atoms with E-state index in [-0.39, 0.29) is 24.3 Å². The lowest BCUT2D eigenvalue weighted by atomic mass is 10.0. The molecule has 3 heterocycles. The van der Waals surface area contributed by atoms with E-state index in [0.717, 1.165) is 17.7 Å². The number of carbonyl (C=O) groups excluding carboxylic acids is 3. The average Bonchev–Trinajstić information content (AvgIpc) is 2.97. The molecule has 7 nitrogen and oxygen atoms in total. The van der Waals surface area contributed by atoms with Crippen molar-refractivity contribution in [3.8, 4) is 0 Å². The van der Waals surface area contributed by atoms with Crippen LogP contribution in [0.4, 0.5) is 4.39 Å². The van der Waals surface area contributed by atoms with Crippen molar-refractivity contribution in [2.24, 2.45) is 0 Å². The SMILES string of the molecule is O=C1CCC(N2Cc3c(CN[C@@H]4CNC[C@H](F)C4)cccc3C2=O)C(=O)N1. The van der Waals surface area contributed by atoms with Crippen LogP contribution in [0.5, 0.6) is 0 Å². The van der Waals surface area contributed by atoms with Crippen molar-refractivity contribution < 1.29 is 18.8 Å². The quantitative estimate of drug-likeness (QED) is 0.657. The van der Waals surface area contributed by atoms with E-state index in [0.29, 0.717) is 38.0 Å². The van der Waals surface area contributed by atoms with Crippen molar-refractivity contribution in [2.75, 3.05) is 13.1 Å². The highest BCUT2D eigenvalue weighted by Gasteiger charge is 2.39. The molecule has 3 aliphatic heterocycles. The summed E-state index contributed by atoms with van der Waals surface area (Å²) in [6, 6.07) is 4.99. The lowest BCUT2D eigenvalue weighted by Gasteiger charge is -2.29. The Morgan fingerprint density at radius 2 is 2.07 bits per heavy atom. The second-order valence-electron chi connectivity index (χ2n) is 7.41. The molecule has 3 atom stereocenters. The molecule has 3 amide bonds. The maximum Gasteiger partial charge on any atom is 0.255 e. The Kier molecular flexibility index (Phi) is 4.92. The predicted octanol–water partition coefficient (Wildman–Crippen LogP) is 0.237. The second kappa shape index (κ2) is 7.36. The van der Waals surface area contributed by atoms with Crippen LogP contribution in [0.2, 0.25) is 0 Å². The number of nitrogens with one attached hydrogen (secondary N) is 3. The minimum absolute atomic E-state index is 0.0490. The van der Waals surface area contributed by atoms with E-state index in [2.05, 4.69) is 16.0 Å². The van der Waals surface area contributed by atoms with Crippen LogP contribution in [0.3, 0.4) is 0 Å². The van der Waals surface area contributed by atoms with Crippen LogP contribution in [0.1, 0.15) is 40.7 Å². The number of piperidine rings is 2. The first-order valence-electron chi connectivity index (χ1n) is 9.36. The summed E-state index contributed by atoms with van der Waals surface area (Å²) in [7, 11) is 0. The van der Waals surface area contributed by atoms with Crippen LogP contribution in [0, 0.1) is 0 Å².